The van der Waals surface area contributed by atoms with Crippen LogP contribution < -0.4 is 10.6 Å². The van der Waals surface area contributed by atoms with Crippen LogP contribution in [0.1, 0.15) is 149 Å². The normalized spacial score (nSPS) is 14.5. The van der Waals surface area contributed by atoms with Crippen LogP contribution in [0.4, 0.5) is 11.4 Å². The number of aryl methyl sites for hydroxylation is 6. The van der Waals surface area contributed by atoms with Gasteiger partial charge in [-0.3, -0.25) is 0 Å². The Kier molecular flexibility index (Phi) is 20.2. The second-order valence-electron chi connectivity index (χ2n) is 20.4. The van der Waals surface area contributed by atoms with E-state index in [0.29, 0.717) is 0 Å². The van der Waals surface area contributed by atoms with E-state index >= 15 is 0 Å². The summed E-state index contributed by atoms with van der Waals surface area (Å²) < 4.78 is 1.30. The van der Waals surface area contributed by atoms with E-state index in [-0.39, 0.29) is 37.6 Å². The van der Waals surface area contributed by atoms with Crippen molar-refractivity contribution in [3.63, 3.8) is 0 Å². The second kappa shape index (κ2) is 24.6. The van der Waals surface area contributed by atoms with Gasteiger partial charge in [-0.15, -0.1) is 5.41 Å². The van der Waals surface area contributed by atoms with E-state index in [4.69, 9.17) is 9.69 Å². The van der Waals surface area contributed by atoms with Crippen LogP contribution in [0, 0.1) is 48.5 Å². The maximum atomic E-state index is 6.10. The molecule has 0 saturated carbocycles. The molecule has 0 fully saturated rings. The minimum atomic E-state index is -0.218. The van der Waals surface area contributed by atoms with Gasteiger partial charge in [-0.25, -0.2) is 0 Å². The van der Waals surface area contributed by atoms with Gasteiger partial charge in [0.2, 0.25) is 0 Å². The third-order valence-electron chi connectivity index (χ3n) is 12.6. The van der Waals surface area contributed by atoms with Crippen molar-refractivity contribution in [1.29, 1.82) is 0 Å². The molecule has 2 atom stereocenters. The number of allylic oxidation sites excluding steroid dienone is 1. The van der Waals surface area contributed by atoms with Crippen LogP contribution in [-0.2, 0) is 26.5 Å². The van der Waals surface area contributed by atoms with Gasteiger partial charge in [0, 0.05) is 22.5 Å². The van der Waals surface area contributed by atoms with Crippen molar-refractivity contribution >= 4 is 30.7 Å². The number of hydrogen-bond donors (Lipinski definition) is 2. The summed E-state index contributed by atoms with van der Waals surface area (Å²) in [6.07, 6.45) is 6.70. The predicted molar refractivity (Wildman–Crippen MR) is 295 cm³/mol. The summed E-state index contributed by atoms with van der Waals surface area (Å²) in [4.78, 5) is 0. The third-order valence-corrected chi connectivity index (χ3v) is 14.5. The first-order valence-corrected chi connectivity index (χ1v) is 27.4. The molecule has 2 N–H and O–H groups in total. The Morgan fingerprint density at radius 2 is 0.910 bits per heavy atom. The van der Waals surface area contributed by atoms with Gasteiger partial charge in [-0.05, 0) is 122 Å². The molecule has 0 spiro atoms. The molecule has 0 aliphatic heterocycles. The van der Waals surface area contributed by atoms with Crippen molar-refractivity contribution in [2.45, 2.75) is 151 Å². The van der Waals surface area contributed by atoms with Crippen LogP contribution in [0.2, 0.25) is 0 Å². The summed E-state index contributed by atoms with van der Waals surface area (Å²) in [5.74, 6) is 0. The van der Waals surface area contributed by atoms with Crippen molar-refractivity contribution in [3.8, 4) is 0 Å². The average Bonchev–Trinajstić information content (AvgIpc) is 3.67. The average molecular weight is 1000 g/mol. The second-order valence-corrected chi connectivity index (χ2v) is 22.4. The molecule has 1 aliphatic rings. The Labute approximate surface area is 419 Å². The van der Waals surface area contributed by atoms with Crippen LogP contribution in [-0.4, -0.2) is 15.2 Å². The summed E-state index contributed by atoms with van der Waals surface area (Å²) >= 11 is -0.218. The first-order chi connectivity index (χ1) is 31.7. The molecule has 0 amide bonds. The van der Waals surface area contributed by atoms with Crippen LogP contribution in [0.5, 0.6) is 0 Å². The number of fused-ring (bicyclic) bond motifs is 1. The Bertz CT molecular complexity index is 2500. The van der Waals surface area contributed by atoms with Crippen molar-refractivity contribution in [2.24, 2.45) is 0 Å². The van der Waals surface area contributed by atoms with Crippen LogP contribution in [0.15, 0.2) is 146 Å². The van der Waals surface area contributed by atoms with E-state index in [0.717, 1.165) is 12.8 Å². The molecule has 0 aromatic heterocycles. The molecule has 7 rings (SSSR count). The topological polar surface area (TPSA) is 24.1 Å². The number of nitrogens with one attached hydrogen (secondary N) is 2. The standard InChI is InChI=1S/C24H35N.C22H30N.C15H10.C2H6.ClH.Ru/c1-8-14-24(7,21-12-10-9-11-13-21)17-23(5,6)25-22-19(3)15-18(2)16-20(22)4;1-16-13-17(2)20(18(3)14-16)23-22(6,7)15-21(4,5)19-11-9-8-10-12-19;1-2-6-12(7-3-1)15-11-10-13-8-4-5-9-14(13)15;1-2;;/h9-13,15-16,25H,8,14,17H2,1-7H3;8-14,23H,4,15H2,1-3,5-7H3;1-9,11H;1-2H3;1H;/q;-1;;;;+1/p-1. The van der Waals surface area contributed by atoms with Crippen molar-refractivity contribution in [2.75, 3.05) is 10.6 Å². The molecule has 1 aliphatic carbocycles. The molecule has 0 heterocycles. The van der Waals surface area contributed by atoms with Crippen molar-refractivity contribution < 1.29 is 15.7 Å². The molecule has 6 aromatic carbocycles. The van der Waals surface area contributed by atoms with E-state index < -0.39 is 0 Å². The van der Waals surface area contributed by atoms with Gasteiger partial charge in [0.25, 0.3) is 0 Å². The van der Waals surface area contributed by atoms with E-state index in [1.54, 1.807) is 0 Å². The Balaban J connectivity index is 0.000000218. The van der Waals surface area contributed by atoms with Crippen molar-refractivity contribution in [3.05, 3.63) is 214 Å². The van der Waals surface area contributed by atoms with Gasteiger partial charge in [-0.2, -0.15) is 0 Å². The molecular formula is C63H81ClN2Ru-. The van der Waals surface area contributed by atoms with E-state index in [9.17, 15) is 0 Å². The van der Waals surface area contributed by atoms with E-state index in [2.05, 4.69) is 247 Å². The molecule has 0 radical (unpaired) electrons. The molecule has 2 unspecified atom stereocenters. The van der Waals surface area contributed by atoms with Gasteiger partial charge < -0.3 is 17.6 Å². The summed E-state index contributed by atoms with van der Waals surface area (Å²) in [5.41, 5.74) is 18.4. The van der Waals surface area contributed by atoms with Crippen LogP contribution >= 0.6 is 9.69 Å². The Morgan fingerprint density at radius 1 is 0.522 bits per heavy atom. The zero-order valence-electron chi connectivity index (χ0n) is 43.6. The molecule has 2 nitrogen and oxygen atoms in total. The quantitative estimate of drug-likeness (QED) is 0.0890. The first-order valence-electron chi connectivity index (χ1n) is 24.3. The molecule has 67 heavy (non-hydrogen) atoms. The fourth-order valence-corrected chi connectivity index (χ4v) is 11.8. The summed E-state index contributed by atoms with van der Waals surface area (Å²) in [6, 6.07) is 49.6. The zero-order chi connectivity index (χ0) is 49.6. The van der Waals surface area contributed by atoms with Gasteiger partial charge in [0.15, 0.2) is 0 Å². The molecule has 0 saturated heterocycles. The molecule has 0 bridgehead atoms. The van der Waals surface area contributed by atoms with Gasteiger partial charge in [-0.1, -0.05) is 143 Å². The predicted octanol–water partition coefficient (Wildman–Crippen LogP) is 17.8. The number of anilines is 2. The van der Waals surface area contributed by atoms with Gasteiger partial charge in [0.1, 0.15) is 0 Å². The Hall–Kier alpha value is -4.56. The fourth-order valence-electron chi connectivity index (χ4n) is 10.3. The number of hydrogen-bond acceptors (Lipinski definition) is 2. The Morgan fingerprint density at radius 3 is 1.34 bits per heavy atom. The molecule has 359 valence electrons. The monoisotopic (exact) mass is 1000 g/mol. The maximum absolute atomic E-state index is 6.10. The molecule has 4 heteroatoms. The SMILES string of the molecule is CC.CCCC(C)(CC(C)(C)Nc1c(C)cc(C)cc1C)c1ccccc1.[CH2-]C(C)(CC(C)(C)Nc1c(C)cc(C)cc1C)c1ccccc1.[Cl][Ru]=[C]1C=C(c2ccccc2)c2ccccc21. The fraction of sp³-hybridized carbons (Fsp3) is 0.365. The van der Waals surface area contributed by atoms with E-state index in [1.807, 2.05) is 19.9 Å². The van der Waals surface area contributed by atoms with Crippen LogP contribution in [0.3, 0.4) is 0 Å². The number of halogens is 1. The van der Waals surface area contributed by atoms with Crippen molar-refractivity contribution in [1.82, 2.24) is 0 Å². The minimum absolute atomic E-state index is 0.0184. The first kappa shape index (κ1) is 55.0. The van der Waals surface area contributed by atoms with Gasteiger partial charge in [0.05, 0.1) is 0 Å². The molecular weight excluding hydrogens is 921 g/mol. The summed E-state index contributed by atoms with van der Waals surface area (Å²) in [6.45, 7) is 37.7. The third kappa shape index (κ3) is 15.5. The molecule has 6 aromatic rings. The van der Waals surface area contributed by atoms with E-state index in [1.165, 1.54) is 95.1 Å². The summed E-state index contributed by atoms with van der Waals surface area (Å²) in [7, 11) is 6.10. The number of benzene rings is 6. The van der Waals surface area contributed by atoms with Gasteiger partial charge >= 0.3 is 112 Å². The zero-order valence-corrected chi connectivity index (χ0v) is 46.1. The number of rotatable bonds is 13. The van der Waals surface area contributed by atoms with Crippen LogP contribution in [0.25, 0.3) is 5.57 Å². The summed E-state index contributed by atoms with van der Waals surface area (Å²) in [5, 5.41) is 7.63.